The molecule has 0 spiro atoms. The Kier molecular flexibility index (Phi) is 7.47. The Balaban J connectivity index is 1.47. The smallest absolute Gasteiger partial charge is 0.316 e. The molecule has 10 heteroatoms. The van der Waals surface area contributed by atoms with Crippen molar-refractivity contribution in [3.8, 4) is 0 Å². The largest absolute Gasteiger partial charge is 0.459 e. The molecule has 34 heavy (non-hydrogen) atoms. The van der Waals surface area contributed by atoms with E-state index < -0.39 is 5.97 Å². The lowest BCUT2D eigenvalue weighted by Gasteiger charge is -2.14. The maximum absolute atomic E-state index is 13.0. The number of fused-ring (bicyclic) bond motifs is 2. The van der Waals surface area contributed by atoms with Gasteiger partial charge in [0.25, 0.3) is 11.1 Å². The van der Waals surface area contributed by atoms with Crippen LogP contribution in [0.5, 0.6) is 0 Å². The minimum absolute atomic E-state index is 0.0219. The van der Waals surface area contributed by atoms with Crippen molar-refractivity contribution in [3.63, 3.8) is 0 Å². The predicted molar refractivity (Wildman–Crippen MR) is 135 cm³/mol. The summed E-state index contributed by atoms with van der Waals surface area (Å²) in [5.41, 5.74) is 1.04. The molecule has 0 aliphatic heterocycles. The van der Waals surface area contributed by atoms with Gasteiger partial charge >= 0.3 is 5.97 Å². The monoisotopic (exact) mass is 542 g/mol. The van der Waals surface area contributed by atoms with Gasteiger partial charge in [0.15, 0.2) is 5.16 Å². The number of carbonyl (C=O) groups excluding carboxylic acids is 1. The molecule has 8 nitrogen and oxygen atoms in total. The molecule has 0 saturated heterocycles. The molecule has 0 N–H and O–H groups in total. The molecular formula is C24H23BrN4O4S. The second-order valence-corrected chi connectivity index (χ2v) is 10.0. The Morgan fingerprint density at radius 3 is 2.74 bits per heavy atom. The van der Waals surface area contributed by atoms with Crippen LogP contribution in [0.4, 0.5) is 0 Å². The second kappa shape index (κ2) is 10.5. The molecule has 0 radical (unpaired) electrons. The Morgan fingerprint density at radius 1 is 1.15 bits per heavy atom. The first-order valence-electron chi connectivity index (χ1n) is 10.8. The van der Waals surface area contributed by atoms with Gasteiger partial charge in [-0.05, 0) is 52.5 Å². The lowest BCUT2D eigenvalue weighted by Crippen LogP contribution is -2.24. The zero-order valence-corrected chi connectivity index (χ0v) is 21.1. The maximum Gasteiger partial charge on any atom is 0.316 e. The van der Waals surface area contributed by atoms with Gasteiger partial charge in [0.2, 0.25) is 0 Å². The van der Waals surface area contributed by atoms with Crippen molar-refractivity contribution in [2.75, 3.05) is 5.75 Å². The minimum Gasteiger partial charge on any atom is -0.459 e. The molecule has 1 aromatic carbocycles. The number of hydrogen-bond donors (Lipinski definition) is 0. The molecule has 3 heterocycles. The van der Waals surface area contributed by atoms with Crippen LogP contribution >= 0.6 is 27.7 Å². The van der Waals surface area contributed by atoms with E-state index >= 15 is 0 Å². The van der Waals surface area contributed by atoms with Crippen LogP contribution in [0.15, 0.2) is 67.9 Å². The van der Waals surface area contributed by atoms with Crippen molar-refractivity contribution >= 4 is 50.2 Å². The van der Waals surface area contributed by atoms with E-state index in [-0.39, 0.29) is 23.5 Å². The molecule has 4 aromatic rings. The summed E-state index contributed by atoms with van der Waals surface area (Å²) in [6.07, 6.45) is 2.45. The third-order valence-electron chi connectivity index (χ3n) is 5.13. The highest BCUT2D eigenvalue weighted by atomic mass is 79.9. The third kappa shape index (κ3) is 5.56. The summed E-state index contributed by atoms with van der Waals surface area (Å²) in [6, 6.07) is 12.0. The SMILES string of the molecule is CC(C)CCn1c(SCC(=O)OCc2cc(=O)n3cc(Br)ccc3n2)nc2ccccc2c1=O. The normalized spacial score (nSPS) is 11.4. The first-order chi connectivity index (χ1) is 16.3. The van der Waals surface area contributed by atoms with Crippen molar-refractivity contribution < 1.29 is 9.53 Å². The highest BCUT2D eigenvalue weighted by Gasteiger charge is 2.15. The number of hydrogen-bond acceptors (Lipinski definition) is 7. The van der Waals surface area contributed by atoms with Gasteiger partial charge in [0, 0.05) is 23.3 Å². The van der Waals surface area contributed by atoms with Gasteiger partial charge in [-0.3, -0.25) is 23.4 Å². The van der Waals surface area contributed by atoms with E-state index in [0.29, 0.717) is 39.9 Å². The predicted octanol–water partition coefficient (Wildman–Crippen LogP) is 4.05. The van der Waals surface area contributed by atoms with Gasteiger partial charge in [-0.1, -0.05) is 37.7 Å². The van der Waals surface area contributed by atoms with Crippen molar-refractivity contribution in [2.24, 2.45) is 5.92 Å². The number of aromatic nitrogens is 4. The average Bonchev–Trinajstić information content (AvgIpc) is 2.81. The number of thioether (sulfide) groups is 1. The highest BCUT2D eigenvalue weighted by molar-refractivity contribution is 9.10. The van der Waals surface area contributed by atoms with Crippen LogP contribution in [0.1, 0.15) is 26.0 Å². The van der Waals surface area contributed by atoms with Crippen molar-refractivity contribution in [2.45, 2.75) is 38.6 Å². The molecule has 0 atom stereocenters. The van der Waals surface area contributed by atoms with Crippen molar-refractivity contribution in [3.05, 3.63) is 79.5 Å². The van der Waals surface area contributed by atoms with Crippen molar-refractivity contribution in [1.29, 1.82) is 0 Å². The maximum atomic E-state index is 13.0. The fourth-order valence-corrected chi connectivity index (χ4v) is 4.52. The van der Waals surface area contributed by atoms with E-state index in [1.54, 1.807) is 35.0 Å². The van der Waals surface area contributed by atoms with E-state index in [4.69, 9.17) is 4.74 Å². The number of pyridine rings is 1. The van der Waals surface area contributed by atoms with Gasteiger partial charge < -0.3 is 4.74 Å². The molecule has 0 saturated carbocycles. The molecular weight excluding hydrogens is 520 g/mol. The topological polar surface area (TPSA) is 95.6 Å². The lowest BCUT2D eigenvalue weighted by molar-refractivity contribution is -0.141. The Labute approximate surface area is 208 Å². The fraction of sp³-hybridized carbons (Fsp3) is 0.292. The highest BCUT2D eigenvalue weighted by Crippen LogP contribution is 2.19. The number of nitrogens with zero attached hydrogens (tertiary/aromatic N) is 4. The van der Waals surface area contributed by atoms with Gasteiger partial charge in [-0.2, -0.15) is 0 Å². The van der Waals surface area contributed by atoms with Crippen LogP contribution in [0.3, 0.4) is 0 Å². The van der Waals surface area contributed by atoms with Gasteiger partial charge in [0.1, 0.15) is 12.3 Å². The Morgan fingerprint density at radius 2 is 1.94 bits per heavy atom. The Bertz CT molecular complexity index is 1480. The number of carbonyl (C=O) groups is 1. The summed E-state index contributed by atoms with van der Waals surface area (Å²) in [6.45, 7) is 4.59. The fourth-order valence-electron chi connectivity index (χ4n) is 3.36. The molecule has 0 aliphatic rings. The van der Waals surface area contributed by atoms with Crippen LogP contribution < -0.4 is 11.1 Å². The third-order valence-corrected chi connectivity index (χ3v) is 6.55. The summed E-state index contributed by atoms with van der Waals surface area (Å²) in [7, 11) is 0. The zero-order valence-electron chi connectivity index (χ0n) is 18.7. The van der Waals surface area contributed by atoms with Crippen LogP contribution in [-0.4, -0.2) is 30.7 Å². The van der Waals surface area contributed by atoms with E-state index in [9.17, 15) is 14.4 Å². The van der Waals surface area contributed by atoms with Crippen LogP contribution in [0, 0.1) is 5.92 Å². The summed E-state index contributed by atoms with van der Waals surface area (Å²) in [4.78, 5) is 46.8. The molecule has 0 amide bonds. The summed E-state index contributed by atoms with van der Waals surface area (Å²) >= 11 is 4.49. The van der Waals surface area contributed by atoms with Gasteiger partial charge in [-0.15, -0.1) is 0 Å². The second-order valence-electron chi connectivity index (χ2n) is 8.16. The number of esters is 1. The number of ether oxygens (including phenoxy) is 1. The minimum atomic E-state index is -0.486. The summed E-state index contributed by atoms with van der Waals surface area (Å²) < 4.78 is 9.14. The molecule has 0 unspecified atom stereocenters. The molecule has 0 fully saturated rings. The van der Waals surface area contributed by atoms with Crippen LogP contribution in [0.25, 0.3) is 16.6 Å². The van der Waals surface area contributed by atoms with E-state index in [2.05, 4.69) is 39.7 Å². The number of para-hydroxylation sites is 1. The number of rotatable bonds is 8. The van der Waals surface area contributed by atoms with Crippen LogP contribution in [0.2, 0.25) is 0 Å². The molecule has 4 rings (SSSR count). The van der Waals surface area contributed by atoms with Crippen molar-refractivity contribution in [1.82, 2.24) is 18.9 Å². The van der Waals surface area contributed by atoms with E-state index in [1.165, 1.54) is 10.5 Å². The molecule has 176 valence electrons. The van der Waals surface area contributed by atoms with Gasteiger partial charge in [-0.25, -0.2) is 9.97 Å². The molecule has 0 aliphatic carbocycles. The molecule has 0 bridgehead atoms. The average molecular weight is 543 g/mol. The van der Waals surface area contributed by atoms with Crippen LogP contribution in [-0.2, 0) is 22.7 Å². The Hall–Kier alpha value is -2.98. The summed E-state index contributed by atoms with van der Waals surface area (Å²) in [5.74, 6) is -0.0900. The summed E-state index contributed by atoms with van der Waals surface area (Å²) in [5, 5.41) is 1.04. The van der Waals surface area contributed by atoms with E-state index in [0.717, 1.165) is 22.7 Å². The standard InChI is InChI=1S/C24H23BrN4O4S/c1-15(2)9-10-28-23(32)18-5-3-4-6-19(18)27-24(28)34-14-22(31)33-13-17-11-21(30)29-12-16(25)7-8-20(29)26-17/h3-8,11-12,15H,9-10,13-14H2,1-2H3. The zero-order chi connectivity index (χ0) is 24.2. The quantitative estimate of drug-likeness (QED) is 0.188. The number of benzene rings is 1. The first-order valence-corrected chi connectivity index (χ1v) is 12.6. The van der Waals surface area contributed by atoms with Gasteiger partial charge in [0.05, 0.1) is 22.3 Å². The first kappa shape index (κ1) is 24.2. The number of halogens is 1. The lowest BCUT2D eigenvalue weighted by atomic mass is 10.1. The molecule has 3 aromatic heterocycles. The van der Waals surface area contributed by atoms with E-state index in [1.807, 2.05) is 12.1 Å².